The average molecular weight is 417 g/mol. The molecule has 0 fully saturated rings. The molecule has 1 heterocycles. The van der Waals surface area contributed by atoms with Crippen LogP contribution in [0.5, 0.6) is 5.75 Å². The van der Waals surface area contributed by atoms with E-state index in [0.29, 0.717) is 10.9 Å². The van der Waals surface area contributed by atoms with Crippen LogP contribution in [-0.2, 0) is 10.2 Å². The predicted molar refractivity (Wildman–Crippen MR) is 124 cm³/mol. The van der Waals surface area contributed by atoms with E-state index >= 15 is 0 Å². The smallest absolute Gasteiger partial charge is 0.264 e. The fourth-order valence-corrected chi connectivity index (χ4v) is 4.04. The monoisotopic (exact) mass is 416 g/mol. The van der Waals surface area contributed by atoms with Gasteiger partial charge in [-0.2, -0.15) is 0 Å². The van der Waals surface area contributed by atoms with Crippen molar-refractivity contribution >= 4 is 32.6 Å². The first-order chi connectivity index (χ1) is 14.4. The number of nitrogens with zero attached hydrogens (tertiary/aromatic N) is 1. The largest absolute Gasteiger partial charge is 0.484 e. The van der Waals surface area contributed by atoms with E-state index in [4.69, 9.17) is 4.74 Å². The van der Waals surface area contributed by atoms with Gasteiger partial charge in [0, 0.05) is 0 Å². The summed E-state index contributed by atoms with van der Waals surface area (Å²) in [6.45, 7) is 6.48. The Morgan fingerprint density at radius 1 is 0.967 bits per heavy atom. The lowest BCUT2D eigenvalue weighted by molar-refractivity contribution is -0.118. The van der Waals surface area contributed by atoms with Crippen LogP contribution < -0.4 is 10.1 Å². The lowest BCUT2D eigenvalue weighted by atomic mass is 9.87. The number of benzene rings is 3. The summed E-state index contributed by atoms with van der Waals surface area (Å²) in [4.78, 5) is 16.8. The van der Waals surface area contributed by atoms with Crippen LogP contribution in [-0.4, -0.2) is 17.5 Å². The van der Waals surface area contributed by atoms with Crippen molar-refractivity contribution in [1.29, 1.82) is 0 Å². The van der Waals surface area contributed by atoms with Gasteiger partial charge in [-0.05, 0) is 46.4 Å². The Kier molecular flexibility index (Phi) is 5.55. The second-order valence-electron chi connectivity index (χ2n) is 8.18. The van der Waals surface area contributed by atoms with Crippen molar-refractivity contribution in [3.8, 4) is 16.9 Å². The number of anilines is 1. The summed E-state index contributed by atoms with van der Waals surface area (Å²) < 4.78 is 6.70. The Morgan fingerprint density at radius 3 is 2.37 bits per heavy atom. The molecule has 0 spiro atoms. The number of fused-ring (bicyclic) bond motifs is 1. The van der Waals surface area contributed by atoms with E-state index < -0.39 is 0 Å². The summed E-state index contributed by atoms with van der Waals surface area (Å²) in [5.41, 5.74) is 4.47. The summed E-state index contributed by atoms with van der Waals surface area (Å²) in [5, 5.41) is 3.43. The van der Waals surface area contributed by atoms with Crippen molar-refractivity contribution in [3.63, 3.8) is 0 Å². The number of ether oxygens (including phenoxy) is 1. The summed E-state index contributed by atoms with van der Waals surface area (Å²) in [6, 6.07) is 24.1. The predicted octanol–water partition coefficient (Wildman–Crippen LogP) is 6.28. The van der Waals surface area contributed by atoms with E-state index in [2.05, 4.69) is 55.3 Å². The molecule has 0 aliphatic rings. The first kappa shape index (κ1) is 20.1. The fourth-order valence-electron chi connectivity index (χ4n) is 3.12. The third-order valence-electron chi connectivity index (χ3n) is 4.83. The molecule has 5 heteroatoms. The van der Waals surface area contributed by atoms with Crippen LogP contribution in [0.1, 0.15) is 26.3 Å². The molecule has 152 valence electrons. The van der Waals surface area contributed by atoms with Gasteiger partial charge in [-0.3, -0.25) is 10.1 Å². The van der Waals surface area contributed by atoms with Gasteiger partial charge in [0.2, 0.25) is 0 Å². The molecule has 0 unspecified atom stereocenters. The highest BCUT2D eigenvalue weighted by Gasteiger charge is 2.15. The van der Waals surface area contributed by atoms with E-state index in [1.807, 2.05) is 48.5 Å². The highest BCUT2D eigenvalue weighted by atomic mass is 32.1. The van der Waals surface area contributed by atoms with Crippen molar-refractivity contribution in [2.24, 2.45) is 0 Å². The zero-order valence-corrected chi connectivity index (χ0v) is 18.1. The maximum atomic E-state index is 12.3. The lowest BCUT2D eigenvalue weighted by Crippen LogP contribution is -2.19. The molecule has 0 bridgehead atoms. The standard InChI is InChI=1S/C25H24N2O2S/c1-25(2,3)19-11-14-21-22(15-19)30-24(26-21)27-23(28)16-29-20-12-9-18(10-13-20)17-7-5-4-6-8-17/h4-15H,16H2,1-3H3,(H,26,27,28). The number of carbonyl (C=O) groups is 1. The molecule has 1 amide bonds. The van der Waals surface area contributed by atoms with Crippen molar-refractivity contribution in [1.82, 2.24) is 4.98 Å². The fraction of sp³-hybridized carbons (Fsp3) is 0.200. The summed E-state index contributed by atoms with van der Waals surface area (Å²) in [6.07, 6.45) is 0. The number of aromatic nitrogens is 1. The molecular formula is C25H24N2O2S. The number of thiazole rings is 1. The van der Waals surface area contributed by atoms with Crippen LogP contribution in [0.15, 0.2) is 72.8 Å². The van der Waals surface area contributed by atoms with Crippen molar-refractivity contribution in [2.75, 3.05) is 11.9 Å². The molecule has 0 saturated carbocycles. The van der Waals surface area contributed by atoms with Crippen LogP contribution in [0.3, 0.4) is 0 Å². The molecule has 1 N–H and O–H groups in total. The van der Waals surface area contributed by atoms with Crippen molar-refractivity contribution in [2.45, 2.75) is 26.2 Å². The molecule has 1 aromatic heterocycles. The number of hydrogen-bond donors (Lipinski definition) is 1. The van der Waals surface area contributed by atoms with Crippen LogP contribution in [0.4, 0.5) is 5.13 Å². The molecule has 0 radical (unpaired) electrons. The Hall–Kier alpha value is -3.18. The van der Waals surface area contributed by atoms with Gasteiger partial charge >= 0.3 is 0 Å². The Balaban J connectivity index is 1.37. The average Bonchev–Trinajstić information content (AvgIpc) is 3.14. The molecule has 0 aliphatic carbocycles. The first-order valence-corrected chi connectivity index (χ1v) is 10.7. The molecule has 4 aromatic rings. The highest BCUT2D eigenvalue weighted by molar-refractivity contribution is 7.22. The van der Waals surface area contributed by atoms with Gasteiger partial charge in [0.25, 0.3) is 5.91 Å². The zero-order chi connectivity index (χ0) is 21.1. The maximum Gasteiger partial charge on any atom is 0.264 e. The minimum atomic E-state index is -0.225. The number of rotatable bonds is 5. The minimum Gasteiger partial charge on any atom is -0.484 e. The highest BCUT2D eigenvalue weighted by Crippen LogP contribution is 2.31. The molecule has 4 nitrogen and oxygen atoms in total. The molecule has 0 saturated heterocycles. The lowest BCUT2D eigenvalue weighted by Gasteiger charge is -2.18. The zero-order valence-electron chi connectivity index (χ0n) is 17.3. The maximum absolute atomic E-state index is 12.3. The molecule has 0 aliphatic heterocycles. The quantitative estimate of drug-likeness (QED) is 0.417. The third-order valence-corrected chi connectivity index (χ3v) is 5.77. The molecule has 30 heavy (non-hydrogen) atoms. The van der Waals surface area contributed by atoms with Gasteiger partial charge in [-0.1, -0.05) is 80.6 Å². The van der Waals surface area contributed by atoms with Gasteiger partial charge in [0.1, 0.15) is 5.75 Å². The Morgan fingerprint density at radius 2 is 1.67 bits per heavy atom. The van der Waals surface area contributed by atoms with Crippen molar-refractivity contribution in [3.05, 3.63) is 78.4 Å². The summed E-state index contributed by atoms with van der Waals surface area (Å²) >= 11 is 1.48. The van der Waals surface area contributed by atoms with Crippen molar-refractivity contribution < 1.29 is 9.53 Å². The van der Waals surface area contributed by atoms with Gasteiger partial charge < -0.3 is 4.74 Å². The number of carbonyl (C=O) groups excluding carboxylic acids is 1. The molecule has 0 atom stereocenters. The number of nitrogens with one attached hydrogen (secondary N) is 1. The van der Waals surface area contributed by atoms with E-state index in [-0.39, 0.29) is 17.9 Å². The van der Waals surface area contributed by atoms with Crippen LogP contribution in [0.25, 0.3) is 21.3 Å². The molecule has 4 rings (SSSR count). The van der Waals surface area contributed by atoms with Gasteiger partial charge in [-0.25, -0.2) is 4.98 Å². The normalized spacial score (nSPS) is 11.4. The third kappa shape index (κ3) is 4.69. The second-order valence-corrected chi connectivity index (χ2v) is 9.21. The van der Waals surface area contributed by atoms with E-state index in [9.17, 15) is 4.79 Å². The van der Waals surface area contributed by atoms with E-state index in [1.165, 1.54) is 16.9 Å². The van der Waals surface area contributed by atoms with Gasteiger partial charge in [0.05, 0.1) is 10.2 Å². The first-order valence-electron chi connectivity index (χ1n) is 9.88. The van der Waals surface area contributed by atoms with Crippen LogP contribution >= 0.6 is 11.3 Å². The Labute approximate surface area is 180 Å². The molecule has 3 aromatic carbocycles. The van der Waals surface area contributed by atoms with Gasteiger partial charge in [-0.15, -0.1) is 0 Å². The summed E-state index contributed by atoms with van der Waals surface area (Å²) in [5.74, 6) is 0.432. The van der Waals surface area contributed by atoms with Gasteiger partial charge in [0.15, 0.2) is 11.7 Å². The van der Waals surface area contributed by atoms with Crippen LogP contribution in [0, 0.1) is 0 Å². The van der Waals surface area contributed by atoms with E-state index in [1.54, 1.807) is 0 Å². The number of hydrogen-bond acceptors (Lipinski definition) is 4. The summed E-state index contributed by atoms with van der Waals surface area (Å²) in [7, 11) is 0. The van der Waals surface area contributed by atoms with E-state index in [0.717, 1.165) is 21.3 Å². The second kappa shape index (κ2) is 8.28. The molecular weight excluding hydrogens is 392 g/mol. The number of amides is 1. The van der Waals surface area contributed by atoms with Crippen LogP contribution in [0.2, 0.25) is 0 Å². The Bertz CT molecular complexity index is 1160. The topological polar surface area (TPSA) is 51.2 Å². The minimum absolute atomic E-state index is 0.0617. The SMILES string of the molecule is CC(C)(C)c1ccc2nc(NC(=O)COc3ccc(-c4ccccc4)cc3)sc2c1.